The highest BCUT2D eigenvalue weighted by molar-refractivity contribution is 7.98. The van der Waals surface area contributed by atoms with Gasteiger partial charge >= 0.3 is 0 Å². The molecule has 0 aliphatic carbocycles. The molecule has 0 aliphatic heterocycles. The average Bonchev–Trinajstić information content (AvgIpc) is 2.38. The van der Waals surface area contributed by atoms with E-state index in [9.17, 15) is 0 Å². The number of hydrogen-bond donors (Lipinski definition) is 0. The fraction of sp³-hybridized carbons (Fsp3) is 0.125. The van der Waals surface area contributed by atoms with Crippen LogP contribution in [0.4, 0.5) is 0 Å². The van der Waals surface area contributed by atoms with Crippen LogP contribution in [0.25, 0.3) is 5.57 Å². The highest BCUT2D eigenvalue weighted by atomic mass is 32.2. The van der Waals surface area contributed by atoms with Gasteiger partial charge in [0.05, 0.1) is 0 Å². The molecule has 0 saturated heterocycles. The summed E-state index contributed by atoms with van der Waals surface area (Å²) in [7, 11) is 0. The van der Waals surface area contributed by atoms with Crippen molar-refractivity contribution in [3.05, 3.63) is 72.3 Å². The van der Waals surface area contributed by atoms with Gasteiger partial charge in [-0.25, -0.2) is 0 Å². The molecule has 2 rings (SSSR count). The van der Waals surface area contributed by atoms with Gasteiger partial charge in [0.2, 0.25) is 0 Å². The van der Waals surface area contributed by atoms with Crippen LogP contribution in [0.3, 0.4) is 0 Å². The summed E-state index contributed by atoms with van der Waals surface area (Å²) in [5, 5.41) is 0. The third-order valence-electron chi connectivity index (χ3n) is 2.57. The van der Waals surface area contributed by atoms with Crippen LogP contribution in [0, 0.1) is 0 Å². The van der Waals surface area contributed by atoms with Crippen LogP contribution in [-0.4, -0.2) is 0 Å². The van der Waals surface area contributed by atoms with Crippen LogP contribution in [0.1, 0.15) is 18.1 Å². The largest absolute Gasteiger partial charge is 0.121 e. The normalized spacial score (nSPS) is 10.2. The van der Waals surface area contributed by atoms with Crippen LogP contribution in [0.5, 0.6) is 0 Å². The first-order chi connectivity index (χ1) is 8.25. The molecule has 86 valence electrons. The molecule has 0 radical (unpaired) electrons. The number of thioether (sulfide) groups is 1. The molecule has 0 bridgehead atoms. The zero-order valence-corrected chi connectivity index (χ0v) is 10.8. The molecule has 0 spiro atoms. The molecule has 0 aliphatic rings. The van der Waals surface area contributed by atoms with Crippen molar-refractivity contribution in [2.24, 2.45) is 0 Å². The maximum absolute atomic E-state index is 3.98. The summed E-state index contributed by atoms with van der Waals surface area (Å²) in [5.74, 6) is 1.01. The number of benzene rings is 2. The molecule has 2 aromatic rings. The molecule has 0 saturated carbocycles. The Morgan fingerprint density at radius 3 is 2.53 bits per heavy atom. The molecule has 0 amide bonds. The minimum absolute atomic E-state index is 1.01. The first-order valence-corrected chi connectivity index (χ1v) is 6.67. The molecule has 2 aromatic carbocycles. The molecule has 0 unspecified atom stereocenters. The van der Waals surface area contributed by atoms with E-state index in [2.05, 4.69) is 55.1 Å². The zero-order chi connectivity index (χ0) is 12.1. The number of hydrogen-bond acceptors (Lipinski definition) is 1. The third-order valence-corrected chi connectivity index (χ3v) is 3.65. The lowest BCUT2D eigenvalue weighted by molar-refractivity contribution is 1.37. The van der Waals surface area contributed by atoms with Gasteiger partial charge in [-0.3, -0.25) is 0 Å². The second-order valence-corrected chi connectivity index (χ2v) is 5.13. The zero-order valence-electron chi connectivity index (χ0n) is 10.0. The molecule has 0 atom stereocenters. The van der Waals surface area contributed by atoms with Crippen molar-refractivity contribution in [1.29, 1.82) is 0 Å². The minimum Gasteiger partial charge on any atom is -0.121 e. The van der Waals surface area contributed by atoms with E-state index in [-0.39, 0.29) is 0 Å². The Morgan fingerprint density at radius 2 is 1.82 bits per heavy atom. The Bertz CT molecular complexity index is 500. The first-order valence-electron chi connectivity index (χ1n) is 5.68. The molecular formula is C16H16S. The van der Waals surface area contributed by atoms with E-state index >= 15 is 0 Å². The van der Waals surface area contributed by atoms with Crippen LogP contribution < -0.4 is 0 Å². The van der Waals surface area contributed by atoms with Gasteiger partial charge in [0, 0.05) is 10.6 Å². The van der Waals surface area contributed by atoms with Gasteiger partial charge in [0.15, 0.2) is 0 Å². The second-order valence-electron chi connectivity index (χ2n) is 4.08. The van der Waals surface area contributed by atoms with Crippen molar-refractivity contribution in [2.75, 3.05) is 0 Å². The second kappa shape index (κ2) is 5.74. The summed E-state index contributed by atoms with van der Waals surface area (Å²) in [4.78, 5) is 1.31. The van der Waals surface area contributed by atoms with E-state index in [0.29, 0.717) is 0 Å². The number of allylic oxidation sites excluding steroid dienone is 1. The maximum Gasteiger partial charge on any atom is 0.0232 e. The Labute approximate surface area is 107 Å². The molecule has 17 heavy (non-hydrogen) atoms. The van der Waals surface area contributed by atoms with Crippen molar-refractivity contribution in [1.82, 2.24) is 0 Å². The van der Waals surface area contributed by atoms with E-state index < -0.39 is 0 Å². The molecular weight excluding hydrogens is 224 g/mol. The van der Waals surface area contributed by atoms with Gasteiger partial charge in [0.25, 0.3) is 0 Å². The van der Waals surface area contributed by atoms with E-state index in [4.69, 9.17) is 0 Å². The van der Waals surface area contributed by atoms with E-state index in [1.54, 1.807) is 0 Å². The predicted molar refractivity (Wildman–Crippen MR) is 77.2 cm³/mol. The Balaban J connectivity index is 2.04. The molecule has 0 heterocycles. The molecule has 0 N–H and O–H groups in total. The standard InChI is InChI=1S/C16H16S/c1-13(2)15-8-6-7-14(11-15)12-17-16-9-4-3-5-10-16/h3-11H,1,12H2,2H3. The van der Waals surface area contributed by atoms with E-state index in [1.165, 1.54) is 16.0 Å². The van der Waals surface area contributed by atoms with Gasteiger partial charge in [-0.2, -0.15) is 0 Å². The lowest BCUT2D eigenvalue weighted by Crippen LogP contribution is -1.84. The molecule has 0 aromatic heterocycles. The summed E-state index contributed by atoms with van der Waals surface area (Å²) >= 11 is 1.86. The summed E-state index contributed by atoms with van der Waals surface area (Å²) in [6.45, 7) is 6.02. The quantitative estimate of drug-likeness (QED) is 0.677. The van der Waals surface area contributed by atoms with Gasteiger partial charge < -0.3 is 0 Å². The monoisotopic (exact) mass is 240 g/mol. The highest BCUT2D eigenvalue weighted by Crippen LogP contribution is 2.23. The molecule has 0 fully saturated rings. The topological polar surface area (TPSA) is 0 Å². The summed E-state index contributed by atoms with van der Waals surface area (Å²) < 4.78 is 0. The van der Waals surface area contributed by atoms with Crippen LogP contribution >= 0.6 is 11.8 Å². The highest BCUT2D eigenvalue weighted by Gasteiger charge is 1.98. The summed E-state index contributed by atoms with van der Waals surface area (Å²) in [6, 6.07) is 19.1. The van der Waals surface area contributed by atoms with Crippen molar-refractivity contribution in [3.8, 4) is 0 Å². The Kier molecular flexibility index (Phi) is 4.05. The lowest BCUT2D eigenvalue weighted by Gasteiger charge is -2.05. The summed E-state index contributed by atoms with van der Waals surface area (Å²) in [5.41, 5.74) is 3.70. The van der Waals surface area contributed by atoms with Gasteiger partial charge in [-0.15, -0.1) is 11.8 Å². The van der Waals surface area contributed by atoms with Gasteiger partial charge in [-0.1, -0.05) is 54.6 Å². The van der Waals surface area contributed by atoms with Gasteiger partial charge in [-0.05, 0) is 30.2 Å². The Morgan fingerprint density at radius 1 is 1.06 bits per heavy atom. The summed E-state index contributed by atoms with van der Waals surface area (Å²) in [6.07, 6.45) is 0. The fourth-order valence-corrected chi connectivity index (χ4v) is 2.47. The Hall–Kier alpha value is -1.47. The van der Waals surface area contributed by atoms with Crippen LogP contribution in [0.2, 0.25) is 0 Å². The minimum atomic E-state index is 1.01. The number of rotatable bonds is 4. The van der Waals surface area contributed by atoms with Crippen LogP contribution in [-0.2, 0) is 5.75 Å². The fourth-order valence-electron chi connectivity index (χ4n) is 1.61. The maximum atomic E-state index is 3.98. The first kappa shape index (κ1) is 12.0. The lowest BCUT2D eigenvalue weighted by atomic mass is 10.1. The van der Waals surface area contributed by atoms with E-state index in [0.717, 1.165) is 11.3 Å². The van der Waals surface area contributed by atoms with Crippen molar-refractivity contribution in [3.63, 3.8) is 0 Å². The third kappa shape index (κ3) is 3.50. The predicted octanol–water partition coefficient (Wildman–Crippen LogP) is 5.01. The molecule has 1 heteroatoms. The average molecular weight is 240 g/mol. The van der Waals surface area contributed by atoms with Gasteiger partial charge in [0.1, 0.15) is 0 Å². The van der Waals surface area contributed by atoms with Crippen molar-refractivity contribution < 1.29 is 0 Å². The van der Waals surface area contributed by atoms with E-state index in [1.807, 2.05) is 24.8 Å². The van der Waals surface area contributed by atoms with Crippen molar-refractivity contribution >= 4 is 17.3 Å². The molecule has 0 nitrogen and oxygen atoms in total. The van der Waals surface area contributed by atoms with Crippen molar-refractivity contribution in [2.45, 2.75) is 17.6 Å². The van der Waals surface area contributed by atoms with Crippen LogP contribution in [0.15, 0.2) is 66.1 Å². The smallest absolute Gasteiger partial charge is 0.0232 e. The SMILES string of the molecule is C=C(C)c1cccc(CSc2ccccc2)c1.